The Morgan fingerprint density at radius 2 is 0.927 bits per heavy atom. The average molecular weight is 547 g/mol. The second kappa shape index (κ2) is 16.0. The maximum atomic E-state index is 12.8. The summed E-state index contributed by atoms with van der Waals surface area (Å²) in [6, 6.07) is 32.9. The van der Waals surface area contributed by atoms with Gasteiger partial charge in [0.2, 0.25) is 6.29 Å². The van der Waals surface area contributed by atoms with Gasteiger partial charge in [-0.05, 0) is 67.8 Å². The van der Waals surface area contributed by atoms with E-state index in [4.69, 9.17) is 9.47 Å². The molecular formula is C37H38O4. The lowest BCUT2D eigenvalue weighted by Crippen LogP contribution is -2.24. The monoisotopic (exact) mass is 546 g/mol. The topological polar surface area (TPSA) is 52.6 Å². The molecule has 0 aliphatic rings. The van der Waals surface area contributed by atoms with Crippen LogP contribution in [0.4, 0.5) is 0 Å². The third kappa shape index (κ3) is 9.32. The molecule has 0 saturated carbocycles. The van der Waals surface area contributed by atoms with Gasteiger partial charge in [0.1, 0.15) is 11.5 Å². The van der Waals surface area contributed by atoms with Crippen molar-refractivity contribution in [1.29, 1.82) is 0 Å². The molecule has 0 aliphatic heterocycles. The molecule has 4 rings (SSSR count). The first kappa shape index (κ1) is 29.5. The van der Waals surface area contributed by atoms with Crippen LogP contribution >= 0.6 is 0 Å². The Bertz CT molecular complexity index is 1260. The van der Waals surface area contributed by atoms with Gasteiger partial charge in [-0.15, -0.1) is 6.58 Å². The normalized spacial score (nSPS) is 10.8. The molecule has 210 valence electrons. The zero-order valence-electron chi connectivity index (χ0n) is 23.5. The van der Waals surface area contributed by atoms with Crippen LogP contribution in [0, 0.1) is 0 Å². The maximum Gasteiger partial charge on any atom is 0.241 e. The van der Waals surface area contributed by atoms with Gasteiger partial charge in [0, 0.05) is 28.7 Å². The minimum atomic E-state index is -0.498. The van der Waals surface area contributed by atoms with Crippen molar-refractivity contribution in [2.24, 2.45) is 0 Å². The molecule has 0 unspecified atom stereocenters. The molecule has 0 bridgehead atoms. The lowest BCUT2D eigenvalue weighted by Gasteiger charge is -2.21. The summed E-state index contributed by atoms with van der Waals surface area (Å²) >= 11 is 0. The molecular weight excluding hydrogens is 508 g/mol. The largest absolute Gasteiger partial charge is 0.455 e. The van der Waals surface area contributed by atoms with E-state index in [1.807, 2.05) is 91.0 Å². The predicted molar refractivity (Wildman–Crippen MR) is 165 cm³/mol. The Hall–Kier alpha value is -4.44. The van der Waals surface area contributed by atoms with Crippen LogP contribution in [-0.4, -0.2) is 17.9 Å². The molecule has 4 heteroatoms. The van der Waals surface area contributed by atoms with Crippen molar-refractivity contribution in [2.75, 3.05) is 0 Å². The van der Waals surface area contributed by atoms with E-state index in [1.165, 1.54) is 25.7 Å². The number of hydrogen-bond donors (Lipinski definition) is 0. The fourth-order valence-electron chi connectivity index (χ4n) is 4.63. The molecule has 0 heterocycles. The molecule has 0 aromatic heterocycles. The number of carbonyl (C=O) groups is 2. The molecule has 0 saturated heterocycles. The van der Waals surface area contributed by atoms with Crippen LogP contribution in [0.3, 0.4) is 0 Å². The number of allylic oxidation sites excluding steroid dienone is 1. The highest BCUT2D eigenvalue weighted by Crippen LogP contribution is 2.23. The number of unbranched alkanes of at least 4 members (excludes halogenated alkanes) is 6. The molecule has 4 aromatic rings. The second-order valence-corrected chi connectivity index (χ2v) is 10.1. The molecule has 0 fully saturated rings. The summed E-state index contributed by atoms with van der Waals surface area (Å²) in [6.07, 6.45) is 10.2. The van der Waals surface area contributed by atoms with E-state index in [0.29, 0.717) is 33.8 Å². The van der Waals surface area contributed by atoms with Gasteiger partial charge in [0.25, 0.3) is 0 Å². The lowest BCUT2D eigenvalue weighted by molar-refractivity contribution is -0.00246. The highest BCUT2D eigenvalue weighted by molar-refractivity contribution is 6.09. The van der Waals surface area contributed by atoms with Crippen LogP contribution in [0.25, 0.3) is 0 Å². The number of ether oxygens (including phenoxy) is 2. The highest BCUT2D eigenvalue weighted by Gasteiger charge is 2.15. The third-order valence-corrected chi connectivity index (χ3v) is 6.94. The van der Waals surface area contributed by atoms with Gasteiger partial charge in [-0.2, -0.15) is 0 Å². The Morgan fingerprint density at radius 3 is 1.37 bits per heavy atom. The zero-order valence-corrected chi connectivity index (χ0v) is 23.5. The first-order valence-corrected chi connectivity index (χ1v) is 14.5. The summed E-state index contributed by atoms with van der Waals surface area (Å²) in [5.41, 5.74) is 2.52. The molecule has 4 aromatic carbocycles. The van der Waals surface area contributed by atoms with Gasteiger partial charge in [-0.3, -0.25) is 9.59 Å². The minimum Gasteiger partial charge on any atom is -0.455 e. The molecule has 0 radical (unpaired) electrons. The Kier molecular flexibility index (Phi) is 11.5. The molecule has 0 amide bonds. The maximum absolute atomic E-state index is 12.8. The van der Waals surface area contributed by atoms with Crippen LogP contribution in [-0.2, 0) is 0 Å². The number of ketones is 2. The van der Waals surface area contributed by atoms with Crippen LogP contribution in [0.1, 0.15) is 83.2 Å². The van der Waals surface area contributed by atoms with Crippen molar-refractivity contribution < 1.29 is 19.1 Å². The fraction of sp³-hybridized carbons (Fsp3) is 0.243. The summed E-state index contributed by atoms with van der Waals surface area (Å²) in [5.74, 6) is 1.23. The van der Waals surface area contributed by atoms with Crippen molar-refractivity contribution in [1.82, 2.24) is 0 Å². The summed E-state index contributed by atoms with van der Waals surface area (Å²) in [7, 11) is 0. The zero-order chi connectivity index (χ0) is 28.7. The summed E-state index contributed by atoms with van der Waals surface area (Å²) in [5, 5.41) is 0. The van der Waals surface area contributed by atoms with E-state index in [1.54, 1.807) is 24.3 Å². The van der Waals surface area contributed by atoms with Gasteiger partial charge in [0.05, 0.1) is 0 Å². The standard InChI is InChI=1S/C37H38O4/c1-2-3-4-5-6-7-8-15-20-35(40-33-25-21-31(22-26-33)36(38)29-16-11-9-12-17-29)41-34-27-23-32(24-28-34)37(39)30-18-13-10-14-19-30/h2,9-14,16-19,21-28,35H,1,3-8,15,20H2. The SMILES string of the molecule is C=CCCCCCCCCC(Oc1ccc(C(=O)c2ccccc2)cc1)Oc1ccc(C(=O)c2ccccc2)cc1. The van der Waals surface area contributed by atoms with E-state index >= 15 is 0 Å². The Labute approximate surface area is 243 Å². The summed E-state index contributed by atoms with van der Waals surface area (Å²) in [6.45, 7) is 3.79. The van der Waals surface area contributed by atoms with E-state index in [0.717, 1.165) is 25.7 Å². The highest BCUT2D eigenvalue weighted by atomic mass is 16.7. The molecule has 0 aliphatic carbocycles. The van der Waals surface area contributed by atoms with Crippen molar-refractivity contribution in [3.8, 4) is 11.5 Å². The van der Waals surface area contributed by atoms with E-state index in [2.05, 4.69) is 6.58 Å². The summed E-state index contributed by atoms with van der Waals surface area (Å²) < 4.78 is 12.5. The minimum absolute atomic E-state index is 0.0248. The van der Waals surface area contributed by atoms with Crippen LogP contribution in [0.5, 0.6) is 11.5 Å². The Balaban J connectivity index is 1.38. The molecule has 0 spiro atoms. The van der Waals surface area contributed by atoms with Crippen molar-refractivity contribution in [3.63, 3.8) is 0 Å². The van der Waals surface area contributed by atoms with E-state index in [-0.39, 0.29) is 11.6 Å². The number of rotatable bonds is 17. The van der Waals surface area contributed by atoms with Crippen LogP contribution < -0.4 is 9.47 Å². The molecule has 4 nitrogen and oxygen atoms in total. The van der Waals surface area contributed by atoms with Gasteiger partial charge in [-0.25, -0.2) is 0 Å². The third-order valence-electron chi connectivity index (χ3n) is 6.94. The average Bonchev–Trinajstić information content (AvgIpc) is 3.03. The second-order valence-electron chi connectivity index (χ2n) is 10.1. The van der Waals surface area contributed by atoms with Crippen LogP contribution in [0.15, 0.2) is 122 Å². The molecule has 0 N–H and O–H groups in total. The number of hydrogen-bond acceptors (Lipinski definition) is 4. The Morgan fingerprint density at radius 1 is 0.537 bits per heavy atom. The molecule has 41 heavy (non-hydrogen) atoms. The van der Waals surface area contributed by atoms with Gasteiger partial charge in [0.15, 0.2) is 11.6 Å². The quantitative estimate of drug-likeness (QED) is 0.0573. The first-order chi connectivity index (χ1) is 20.1. The summed E-state index contributed by atoms with van der Waals surface area (Å²) in [4.78, 5) is 25.6. The predicted octanol–water partition coefficient (Wildman–Crippen LogP) is 9.24. The van der Waals surface area contributed by atoms with Gasteiger partial charge >= 0.3 is 0 Å². The lowest BCUT2D eigenvalue weighted by atomic mass is 10.0. The van der Waals surface area contributed by atoms with E-state index in [9.17, 15) is 9.59 Å². The van der Waals surface area contributed by atoms with E-state index < -0.39 is 6.29 Å². The smallest absolute Gasteiger partial charge is 0.241 e. The van der Waals surface area contributed by atoms with Crippen molar-refractivity contribution in [2.45, 2.75) is 57.7 Å². The number of benzene rings is 4. The van der Waals surface area contributed by atoms with Crippen molar-refractivity contribution in [3.05, 3.63) is 144 Å². The fourth-order valence-corrected chi connectivity index (χ4v) is 4.63. The first-order valence-electron chi connectivity index (χ1n) is 14.5. The number of carbonyl (C=O) groups excluding carboxylic acids is 2. The van der Waals surface area contributed by atoms with Crippen molar-refractivity contribution >= 4 is 11.6 Å². The van der Waals surface area contributed by atoms with Gasteiger partial charge < -0.3 is 9.47 Å². The van der Waals surface area contributed by atoms with Gasteiger partial charge in [-0.1, -0.05) is 92.4 Å². The molecule has 0 atom stereocenters. The van der Waals surface area contributed by atoms with Crippen LogP contribution in [0.2, 0.25) is 0 Å².